The Labute approximate surface area is 69.7 Å². The van der Waals surface area contributed by atoms with Gasteiger partial charge >= 0.3 is 5.97 Å². The lowest BCUT2D eigenvalue weighted by molar-refractivity contribution is -0.148. The Balaban J connectivity index is 2.39. The van der Waals surface area contributed by atoms with Crippen molar-refractivity contribution in [3.8, 4) is 0 Å². The maximum absolute atomic E-state index is 10.8. The molecule has 4 unspecified atom stereocenters. The molecular weight excluding hydrogens is 158 g/mol. The van der Waals surface area contributed by atoms with Gasteiger partial charge < -0.3 is 15.9 Å². The lowest BCUT2D eigenvalue weighted by atomic mass is 9.83. The molecule has 1 saturated carbocycles. The van der Waals surface area contributed by atoms with Crippen molar-refractivity contribution in [3.63, 3.8) is 0 Å². The van der Waals surface area contributed by atoms with Crippen LogP contribution in [0.2, 0.25) is 0 Å². The number of aliphatic hydroxyl groups excluding tert-OH is 1. The Morgan fingerprint density at radius 1 is 1.58 bits per heavy atom. The van der Waals surface area contributed by atoms with Crippen molar-refractivity contribution in [2.75, 3.05) is 0 Å². The van der Waals surface area contributed by atoms with Gasteiger partial charge in [-0.25, -0.2) is 0 Å². The molecule has 0 aromatic heterocycles. The number of hydrogen-bond donors (Lipinski definition) is 3. The Hall–Kier alpha value is -0.870. The number of aliphatic carboxylic acids is 1. The minimum atomic E-state index is -1.45. The maximum atomic E-state index is 10.8. The van der Waals surface area contributed by atoms with Crippen molar-refractivity contribution >= 4 is 5.97 Å². The minimum absolute atomic E-state index is 0.0592. The van der Waals surface area contributed by atoms with Crippen LogP contribution >= 0.6 is 0 Å². The lowest BCUT2D eigenvalue weighted by Crippen LogP contribution is -2.59. The molecule has 66 valence electrons. The van der Waals surface area contributed by atoms with Crippen LogP contribution in [0.1, 0.15) is 6.42 Å². The second kappa shape index (κ2) is 2.08. The summed E-state index contributed by atoms with van der Waals surface area (Å²) in [5.41, 5.74) is 4.18. The van der Waals surface area contributed by atoms with Crippen molar-refractivity contribution in [2.45, 2.75) is 18.1 Å². The summed E-state index contributed by atoms with van der Waals surface area (Å²) in [5.74, 6) is -1.36. The Morgan fingerprint density at radius 3 is 2.58 bits per heavy atom. The van der Waals surface area contributed by atoms with E-state index in [1.165, 1.54) is 0 Å². The van der Waals surface area contributed by atoms with Crippen LogP contribution in [0.5, 0.6) is 0 Å². The molecule has 12 heavy (non-hydrogen) atoms. The average molecular weight is 169 g/mol. The summed E-state index contributed by atoms with van der Waals surface area (Å²) in [6.45, 7) is 0. The van der Waals surface area contributed by atoms with Crippen molar-refractivity contribution in [2.24, 2.45) is 17.6 Å². The van der Waals surface area contributed by atoms with Crippen molar-refractivity contribution in [3.05, 3.63) is 12.2 Å². The fourth-order valence-electron chi connectivity index (χ4n) is 2.17. The SMILES string of the molecule is NC1(C(=O)O)C2C=CC(C2)C1O. The zero-order valence-corrected chi connectivity index (χ0v) is 6.47. The quantitative estimate of drug-likeness (QED) is 0.455. The molecule has 2 aliphatic rings. The van der Waals surface area contributed by atoms with Gasteiger partial charge in [-0.3, -0.25) is 4.79 Å². The summed E-state index contributed by atoms with van der Waals surface area (Å²) < 4.78 is 0. The second-order valence-electron chi connectivity index (χ2n) is 3.57. The molecule has 0 saturated heterocycles. The highest BCUT2D eigenvalue weighted by atomic mass is 16.4. The first-order valence-corrected chi connectivity index (χ1v) is 3.95. The molecule has 1 fully saturated rings. The third-order valence-electron chi connectivity index (χ3n) is 3.00. The summed E-state index contributed by atoms with van der Waals surface area (Å²) in [5, 5.41) is 18.4. The van der Waals surface area contributed by atoms with Gasteiger partial charge in [0.1, 0.15) is 5.54 Å². The van der Waals surface area contributed by atoms with E-state index in [-0.39, 0.29) is 11.8 Å². The second-order valence-corrected chi connectivity index (χ2v) is 3.57. The molecule has 0 aliphatic heterocycles. The van der Waals surface area contributed by atoms with Gasteiger partial charge in [-0.15, -0.1) is 0 Å². The number of nitrogens with two attached hydrogens (primary N) is 1. The van der Waals surface area contributed by atoms with Gasteiger partial charge in [0, 0.05) is 11.8 Å². The van der Waals surface area contributed by atoms with Crippen molar-refractivity contribution in [1.29, 1.82) is 0 Å². The molecule has 4 heteroatoms. The van der Waals surface area contributed by atoms with Crippen LogP contribution in [0, 0.1) is 11.8 Å². The van der Waals surface area contributed by atoms with Crippen LogP contribution in [-0.2, 0) is 4.79 Å². The van der Waals surface area contributed by atoms with Gasteiger partial charge in [-0.2, -0.15) is 0 Å². The molecule has 0 radical (unpaired) electrons. The fraction of sp³-hybridized carbons (Fsp3) is 0.625. The van der Waals surface area contributed by atoms with E-state index in [2.05, 4.69) is 0 Å². The van der Waals surface area contributed by atoms with E-state index in [9.17, 15) is 9.90 Å². The standard InChI is InChI=1S/C8H11NO3/c9-8(7(11)12)5-2-1-4(3-5)6(8)10/h1-2,4-6,10H,3,9H2,(H,11,12). The largest absolute Gasteiger partial charge is 0.480 e. The summed E-state index contributed by atoms with van der Waals surface area (Å²) in [6, 6.07) is 0. The van der Waals surface area contributed by atoms with Gasteiger partial charge in [-0.1, -0.05) is 12.2 Å². The first-order valence-electron chi connectivity index (χ1n) is 3.95. The van der Waals surface area contributed by atoms with E-state index >= 15 is 0 Å². The fourth-order valence-corrected chi connectivity index (χ4v) is 2.17. The first-order chi connectivity index (χ1) is 5.56. The summed E-state index contributed by atoms with van der Waals surface area (Å²) >= 11 is 0. The summed E-state index contributed by atoms with van der Waals surface area (Å²) in [6.07, 6.45) is 3.39. The van der Waals surface area contributed by atoms with Gasteiger partial charge in [0.15, 0.2) is 0 Å². The molecule has 4 N–H and O–H groups in total. The highest BCUT2D eigenvalue weighted by Gasteiger charge is 2.58. The number of rotatable bonds is 1. The summed E-state index contributed by atoms with van der Waals surface area (Å²) in [7, 11) is 0. The normalized spacial score (nSPS) is 50.0. The van der Waals surface area contributed by atoms with Crippen LogP contribution in [-0.4, -0.2) is 27.8 Å². The predicted molar refractivity (Wildman–Crippen MR) is 41.3 cm³/mol. The smallest absolute Gasteiger partial charge is 0.327 e. The van der Waals surface area contributed by atoms with Gasteiger partial charge in [0.05, 0.1) is 6.10 Å². The van der Waals surface area contributed by atoms with Gasteiger partial charge in [-0.05, 0) is 6.42 Å². The lowest BCUT2D eigenvalue weighted by Gasteiger charge is -2.30. The third-order valence-corrected chi connectivity index (χ3v) is 3.00. The molecule has 0 aromatic carbocycles. The number of carboxylic acids is 1. The maximum Gasteiger partial charge on any atom is 0.327 e. The molecule has 4 nitrogen and oxygen atoms in total. The average Bonchev–Trinajstić information content (AvgIpc) is 2.55. The number of carbonyl (C=O) groups is 1. The number of carboxylic acid groups (broad SMARTS) is 1. The summed E-state index contributed by atoms with van der Waals surface area (Å²) in [4.78, 5) is 10.8. The molecule has 0 amide bonds. The monoisotopic (exact) mass is 169 g/mol. The Kier molecular flexibility index (Phi) is 1.35. The first kappa shape index (κ1) is 7.76. The van der Waals surface area contributed by atoms with E-state index in [0.717, 1.165) is 0 Å². The van der Waals surface area contributed by atoms with Gasteiger partial charge in [0.25, 0.3) is 0 Å². The highest BCUT2D eigenvalue weighted by molar-refractivity contribution is 5.81. The minimum Gasteiger partial charge on any atom is -0.480 e. The third kappa shape index (κ3) is 0.665. The van der Waals surface area contributed by atoms with E-state index in [1.807, 2.05) is 6.08 Å². The van der Waals surface area contributed by atoms with Crippen LogP contribution in [0.4, 0.5) is 0 Å². The topological polar surface area (TPSA) is 83.6 Å². The van der Waals surface area contributed by atoms with Crippen LogP contribution in [0.3, 0.4) is 0 Å². The highest BCUT2D eigenvalue weighted by Crippen LogP contribution is 2.45. The molecule has 0 heterocycles. The van der Waals surface area contributed by atoms with Crippen LogP contribution < -0.4 is 5.73 Å². The van der Waals surface area contributed by atoms with Crippen LogP contribution in [0.25, 0.3) is 0 Å². The van der Waals surface area contributed by atoms with E-state index in [0.29, 0.717) is 6.42 Å². The zero-order chi connectivity index (χ0) is 8.93. The molecular formula is C8H11NO3. The molecule has 2 bridgehead atoms. The Bertz CT molecular complexity index is 263. The van der Waals surface area contributed by atoms with E-state index in [1.54, 1.807) is 6.08 Å². The van der Waals surface area contributed by atoms with E-state index in [4.69, 9.17) is 10.8 Å². The number of fused-ring (bicyclic) bond motifs is 2. The van der Waals surface area contributed by atoms with Gasteiger partial charge in [0.2, 0.25) is 0 Å². The van der Waals surface area contributed by atoms with Crippen molar-refractivity contribution in [1.82, 2.24) is 0 Å². The van der Waals surface area contributed by atoms with E-state index < -0.39 is 17.6 Å². The Morgan fingerprint density at radius 2 is 2.25 bits per heavy atom. The predicted octanol–water partition coefficient (Wildman–Crippen LogP) is -0.665. The zero-order valence-electron chi connectivity index (χ0n) is 6.47. The molecule has 0 spiro atoms. The molecule has 2 rings (SSSR count). The van der Waals surface area contributed by atoms with Crippen LogP contribution in [0.15, 0.2) is 12.2 Å². The number of hydrogen-bond acceptors (Lipinski definition) is 3. The van der Waals surface area contributed by atoms with Crippen molar-refractivity contribution < 1.29 is 15.0 Å². The number of aliphatic hydroxyl groups is 1. The molecule has 4 atom stereocenters. The molecule has 0 aromatic rings. The molecule has 2 aliphatic carbocycles.